The fourth-order valence-corrected chi connectivity index (χ4v) is 5.21. The molecule has 0 spiro atoms. The third-order valence-corrected chi connectivity index (χ3v) is 8.50. The summed E-state index contributed by atoms with van der Waals surface area (Å²) in [6.45, 7) is 0. The molecule has 0 aromatic carbocycles. The quantitative estimate of drug-likeness (QED) is 0.243. The molecule has 0 atom stereocenters. The van der Waals surface area contributed by atoms with Gasteiger partial charge in [-0.3, -0.25) is 0 Å². The van der Waals surface area contributed by atoms with Gasteiger partial charge in [0.15, 0.2) is 0 Å². The summed E-state index contributed by atoms with van der Waals surface area (Å²) in [5.41, 5.74) is 0. The first kappa shape index (κ1) is 40.9. The molecule has 29 heavy (non-hydrogen) atoms. The molecule has 21 nitrogen and oxygen atoms in total. The van der Waals surface area contributed by atoms with Gasteiger partial charge in [-0.2, -0.15) is 0 Å². The maximum atomic E-state index is 9.38. The minimum Gasteiger partial charge on any atom is 3.00 e. The molecule has 0 unspecified atom stereocenters. The summed E-state index contributed by atoms with van der Waals surface area (Å²) in [6.07, 6.45) is 0. The van der Waals surface area contributed by atoms with Crippen LogP contribution in [-0.4, -0.2) is 0 Å². The topological polar surface area (TPSA) is 371 Å². The minimum atomic E-state index is -6.07. The van der Waals surface area contributed by atoms with Crippen LogP contribution in [0.25, 0.3) is 0 Å². The van der Waals surface area contributed by atoms with Crippen molar-refractivity contribution in [3.8, 4) is 0 Å². The van der Waals surface area contributed by atoms with E-state index in [0.29, 0.717) is 0 Å². The van der Waals surface area contributed by atoms with E-state index >= 15 is 0 Å². The largest absolute Gasteiger partial charge is 3.00 e. The van der Waals surface area contributed by atoms with Crippen LogP contribution in [-0.2, 0) is 173 Å². The summed E-state index contributed by atoms with van der Waals surface area (Å²) in [6, 6.07) is 0. The van der Waals surface area contributed by atoms with E-state index in [1.54, 1.807) is 0 Å². The van der Waals surface area contributed by atoms with Crippen LogP contribution in [0.5, 0.6) is 0 Å². The van der Waals surface area contributed by atoms with Crippen molar-refractivity contribution in [2.75, 3.05) is 0 Å². The van der Waals surface area contributed by atoms with E-state index in [-0.39, 0.29) is 37.1 Å². The fraction of sp³-hybridized carbons (Fsp3) is 0. The summed E-state index contributed by atoms with van der Waals surface area (Å²) in [7, 11) is 0. The molecule has 0 bridgehead atoms. The molecule has 0 heterocycles. The predicted molar refractivity (Wildman–Crippen MR) is 11.5 cm³/mol. The summed E-state index contributed by atoms with van der Waals surface area (Å²) in [4.78, 5) is 0. The van der Waals surface area contributed by atoms with E-state index in [4.69, 9.17) is 0 Å². The average Bonchev–Trinajstić information content (AvgIpc) is 1.96. The van der Waals surface area contributed by atoms with E-state index in [1.807, 2.05) is 0 Å². The molecular weight excluding hydrogens is 750 g/mol. The predicted octanol–water partition coefficient (Wildman–Crippen LogP) is -8.78. The first-order valence-corrected chi connectivity index (χ1v) is 16.5. The molecule has 172 valence electrons. The average molecular weight is 750 g/mol. The molecule has 0 N–H and O–H groups in total. The Morgan fingerprint density at radius 1 is 0.310 bits per heavy atom. The molecule has 0 aliphatic rings. The molecule has 0 radical (unpaired) electrons. The SMILES string of the molecule is [O]=[Cr](=[O])([O-])[O][Cr](=[O])(=[O])[O-].[O]=[Cr](=[O])([O-])[O][Cr](=[O])(=[O])[O-].[O]=[Cr](=[O])([O-])[O][Cr](=[O])(=[O])[O-].[V+3].[V+3]. The van der Waals surface area contributed by atoms with Gasteiger partial charge in [0.25, 0.3) is 0 Å². The van der Waals surface area contributed by atoms with Gasteiger partial charge in [-0.05, 0) is 0 Å². The Kier molecular flexibility index (Phi) is 20.7. The number of hydrogen-bond acceptors (Lipinski definition) is 21. The molecule has 0 aromatic rings. The van der Waals surface area contributed by atoms with Gasteiger partial charge < -0.3 is 0 Å². The van der Waals surface area contributed by atoms with E-state index in [1.165, 1.54) is 0 Å². The first-order valence-electron chi connectivity index (χ1n) is 4.00. The van der Waals surface area contributed by atoms with Gasteiger partial charge in [0.1, 0.15) is 0 Å². The molecule has 0 aromatic heterocycles. The van der Waals surface area contributed by atoms with E-state index in [9.17, 15) is 70.6 Å². The molecule has 0 saturated carbocycles. The zero-order valence-corrected chi connectivity index (χ0v) is 22.4. The van der Waals surface area contributed by atoms with Gasteiger partial charge in [-0.15, -0.1) is 0 Å². The van der Waals surface area contributed by atoms with Crippen LogP contribution in [0.3, 0.4) is 0 Å². The summed E-state index contributed by atoms with van der Waals surface area (Å²) < 4.78 is 177. The van der Waals surface area contributed by atoms with Crippen molar-refractivity contribution in [1.29, 1.82) is 0 Å². The third-order valence-electron chi connectivity index (χ3n) is 0.500. The van der Waals surface area contributed by atoms with Crippen molar-refractivity contribution in [1.82, 2.24) is 0 Å². The number of hydrogen-bond donors (Lipinski definition) is 0. The summed E-state index contributed by atoms with van der Waals surface area (Å²) in [5, 5.41) is 0. The second-order valence-corrected chi connectivity index (χ2v) is 13.6. The molecule has 0 saturated heterocycles. The van der Waals surface area contributed by atoms with Crippen LogP contribution in [0.15, 0.2) is 0 Å². The van der Waals surface area contributed by atoms with Gasteiger partial charge in [0.05, 0.1) is 0 Å². The van der Waals surface area contributed by atoms with Crippen LogP contribution in [0.4, 0.5) is 0 Å². The summed E-state index contributed by atoms with van der Waals surface area (Å²) >= 11 is -36.4. The van der Waals surface area contributed by atoms with Crippen molar-refractivity contribution in [3.63, 3.8) is 0 Å². The molecule has 0 rings (SSSR count). The number of rotatable bonds is 6. The Morgan fingerprint density at radius 2 is 0.379 bits per heavy atom. The van der Waals surface area contributed by atoms with Gasteiger partial charge in [-0.1, -0.05) is 0 Å². The molecule has 0 aliphatic heterocycles. The molecule has 0 aliphatic carbocycles. The second kappa shape index (κ2) is 14.7. The second-order valence-electron chi connectivity index (χ2n) is 2.65. The van der Waals surface area contributed by atoms with Crippen molar-refractivity contribution in [2.24, 2.45) is 0 Å². The van der Waals surface area contributed by atoms with Crippen LogP contribution in [0.2, 0.25) is 0 Å². The standard InChI is InChI=1S/6Cr.21O.2V/q;;;;;;;;;;;;;;;;;;;;;6*-1;2*+3. The minimum absolute atomic E-state index is 0. The van der Waals surface area contributed by atoms with Gasteiger partial charge in [0.2, 0.25) is 0 Å². The normalized spacial score (nSPS) is 12.6. The van der Waals surface area contributed by atoms with Gasteiger partial charge >= 0.3 is 198 Å². The molecule has 29 heteroatoms. The van der Waals surface area contributed by atoms with Crippen LogP contribution in [0, 0.1) is 0 Å². The monoisotopic (exact) mass is 749 g/mol. The van der Waals surface area contributed by atoms with Crippen molar-refractivity contribution in [2.45, 2.75) is 0 Å². The van der Waals surface area contributed by atoms with E-state index < -0.39 is 81.7 Å². The Bertz CT molecular complexity index is 854. The van der Waals surface area contributed by atoms with Crippen molar-refractivity contribution >= 4 is 0 Å². The smallest absolute Gasteiger partial charge is 3.00 e. The maximum Gasteiger partial charge on any atom is 3.00 e. The van der Waals surface area contributed by atoms with Gasteiger partial charge in [0, 0.05) is 0 Å². The maximum absolute atomic E-state index is 9.38. The zero-order chi connectivity index (χ0) is 23.1. The zero-order valence-electron chi connectivity index (χ0n) is 11.9. The van der Waals surface area contributed by atoms with Crippen molar-refractivity contribution < 1.29 is 198 Å². The van der Waals surface area contributed by atoms with E-state index in [0.717, 1.165) is 0 Å². The first-order chi connectivity index (χ1) is 11.1. The van der Waals surface area contributed by atoms with E-state index in [2.05, 4.69) is 8.52 Å². The Labute approximate surface area is 195 Å². The summed E-state index contributed by atoms with van der Waals surface area (Å²) in [5.74, 6) is 0. The Morgan fingerprint density at radius 3 is 0.379 bits per heavy atom. The molecular formula is Cr6O21V2. The van der Waals surface area contributed by atoms with Gasteiger partial charge in [-0.25, -0.2) is 0 Å². The van der Waals surface area contributed by atoms with Crippen LogP contribution < -0.4 is 24.9 Å². The molecule has 0 fully saturated rings. The Balaban J connectivity index is -0.0000000960. The fourth-order valence-electron chi connectivity index (χ4n) is 0.306. The van der Waals surface area contributed by atoms with Crippen molar-refractivity contribution in [3.05, 3.63) is 0 Å². The molecule has 0 amide bonds. The van der Waals surface area contributed by atoms with Crippen LogP contribution in [0.1, 0.15) is 0 Å². The third kappa shape index (κ3) is 58.7. The Hall–Kier alpha value is 1.60. The van der Waals surface area contributed by atoms with Crippen LogP contribution >= 0.6 is 0 Å².